The number of alkyl halides is 3. The standard InChI is InChI=1S/C14H15F3N2O2/c1-2-3-4-12(13(20)21)19-10-5-6-11(14(15,16)17)9(7-10)8-18/h5-7,12,19H,2-4H2,1H3,(H,20,21). The first-order chi connectivity index (χ1) is 9.79. The number of rotatable bonds is 6. The van der Waals surface area contributed by atoms with E-state index in [4.69, 9.17) is 10.4 Å². The summed E-state index contributed by atoms with van der Waals surface area (Å²) in [6.45, 7) is 1.91. The molecule has 21 heavy (non-hydrogen) atoms. The maximum Gasteiger partial charge on any atom is 0.417 e. The molecule has 0 heterocycles. The van der Waals surface area contributed by atoms with Crippen molar-refractivity contribution in [1.82, 2.24) is 0 Å². The molecule has 0 aromatic heterocycles. The highest BCUT2D eigenvalue weighted by Crippen LogP contribution is 2.33. The number of aliphatic carboxylic acids is 1. The van der Waals surface area contributed by atoms with E-state index in [1.807, 2.05) is 6.92 Å². The maximum absolute atomic E-state index is 12.7. The van der Waals surface area contributed by atoms with Crippen molar-refractivity contribution in [2.45, 2.75) is 38.4 Å². The molecule has 2 N–H and O–H groups in total. The number of hydrogen-bond acceptors (Lipinski definition) is 3. The highest BCUT2D eigenvalue weighted by Gasteiger charge is 2.33. The van der Waals surface area contributed by atoms with Gasteiger partial charge >= 0.3 is 12.1 Å². The summed E-state index contributed by atoms with van der Waals surface area (Å²) in [7, 11) is 0. The summed E-state index contributed by atoms with van der Waals surface area (Å²) < 4.78 is 38.0. The van der Waals surface area contributed by atoms with Gasteiger partial charge in [-0.2, -0.15) is 18.4 Å². The van der Waals surface area contributed by atoms with E-state index in [-0.39, 0.29) is 5.69 Å². The molecule has 0 saturated carbocycles. The number of carboxylic acids is 1. The molecular formula is C14H15F3N2O2. The van der Waals surface area contributed by atoms with Gasteiger partial charge in [0.1, 0.15) is 6.04 Å². The minimum absolute atomic E-state index is 0.183. The van der Waals surface area contributed by atoms with Gasteiger partial charge in [-0.25, -0.2) is 4.79 Å². The molecule has 114 valence electrons. The lowest BCUT2D eigenvalue weighted by Gasteiger charge is -2.17. The van der Waals surface area contributed by atoms with Crippen LogP contribution in [0.25, 0.3) is 0 Å². The third-order valence-corrected chi connectivity index (χ3v) is 2.93. The third kappa shape index (κ3) is 4.67. The molecule has 0 amide bonds. The molecule has 0 aliphatic heterocycles. The van der Waals surface area contributed by atoms with Crippen LogP contribution in [0.4, 0.5) is 18.9 Å². The SMILES string of the molecule is CCCCC(Nc1ccc(C(F)(F)F)c(C#N)c1)C(=O)O. The molecule has 0 aliphatic rings. The van der Waals surface area contributed by atoms with Gasteiger partial charge in [-0.3, -0.25) is 0 Å². The second-order valence-electron chi connectivity index (χ2n) is 4.55. The van der Waals surface area contributed by atoms with E-state index in [9.17, 15) is 18.0 Å². The Balaban J connectivity index is 2.99. The molecule has 4 nitrogen and oxygen atoms in total. The minimum atomic E-state index is -4.61. The van der Waals surface area contributed by atoms with Gasteiger partial charge in [0.25, 0.3) is 0 Å². The van der Waals surface area contributed by atoms with Gasteiger partial charge in [-0.1, -0.05) is 19.8 Å². The van der Waals surface area contributed by atoms with Gasteiger partial charge in [0.05, 0.1) is 17.2 Å². The molecule has 7 heteroatoms. The van der Waals surface area contributed by atoms with Gasteiger partial charge in [0.2, 0.25) is 0 Å². The third-order valence-electron chi connectivity index (χ3n) is 2.93. The molecule has 0 radical (unpaired) electrons. The molecule has 0 spiro atoms. The Bertz CT molecular complexity index is 550. The Hall–Kier alpha value is -2.23. The molecule has 0 fully saturated rings. The summed E-state index contributed by atoms with van der Waals surface area (Å²) in [6.07, 6.45) is -2.77. The zero-order chi connectivity index (χ0) is 16.0. The average Bonchev–Trinajstić information content (AvgIpc) is 2.41. The lowest BCUT2D eigenvalue weighted by molar-refractivity contribution is -0.139. The summed E-state index contributed by atoms with van der Waals surface area (Å²) in [5.41, 5.74) is -1.38. The lowest BCUT2D eigenvalue weighted by Crippen LogP contribution is -2.29. The lowest BCUT2D eigenvalue weighted by atomic mass is 10.1. The topological polar surface area (TPSA) is 73.1 Å². The first kappa shape index (κ1) is 16.8. The van der Waals surface area contributed by atoms with Crippen molar-refractivity contribution in [3.8, 4) is 6.07 Å². The van der Waals surface area contributed by atoms with Crippen LogP contribution in [0.2, 0.25) is 0 Å². The first-order valence-electron chi connectivity index (χ1n) is 6.40. The molecule has 1 aromatic carbocycles. The summed E-state index contributed by atoms with van der Waals surface area (Å²) >= 11 is 0. The number of carboxylic acid groups (broad SMARTS) is 1. The van der Waals surface area contributed by atoms with E-state index < -0.39 is 29.3 Å². The first-order valence-corrected chi connectivity index (χ1v) is 6.40. The number of nitriles is 1. The maximum atomic E-state index is 12.7. The highest BCUT2D eigenvalue weighted by molar-refractivity contribution is 5.77. The zero-order valence-corrected chi connectivity index (χ0v) is 11.4. The fourth-order valence-corrected chi connectivity index (χ4v) is 1.84. The minimum Gasteiger partial charge on any atom is -0.480 e. The Labute approximate surface area is 120 Å². The van der Waals surface area contributed by atoms with Gasteiger partial charge in [-0.05, 0) is 24.6 Å². The van der Waals surface area contributed by atoms with Crippen molar-refractivity contribution in [2.24, 2.45) is 0 Å². The molecule has 1 rings (SSSR count). The van der Waals surface area contributed by atoms with Crippen molar-refractivity contribution >= 4 is 11.7 Å². The summed E-state index contributed by atoms with van der Waals surface area (Å²) in [5.74, 6) is -1.08. The van der Waals surface area contributed by atoms with Crippen LogP contribution in [0.3, 0.4) is 0 Å². The smallest absolute Gasteiger partial charge is 0.417 e. The van der Waals surface area contributed by atoms with Gasteiger partial charge in [0.15, 0.2) is 0 Å². The second-order valence-corrected chi connectivity index (χ2v) is 4.55. The number of nitrogens with one attached hydrogen (secondary N) is 1. The van der Waals surface area contributed by atoms with Crippen LogP contribution in [0, 0.1) is 11.3 Å². The van der Waals surface area contributed by atoms with Crippen LogP contribution in [0.15, 0.2) is 18.2 Å². The number of hydrogen-bond donors (Lipinski definition) is 2. The van der Waals surface area contributed by atoms with E-state index in [1.54, 1.807) is 0 Å². The normalized spacial score (nSPS) is 12.5. The van der Waals surface area contributed by atoms with Crippen LogP contribution >= 0.6 is 0 Å². The van der Waals surface area contributed by atoms with Gasteiger partial charge in [-0.15, -0.1) is 0 Å². The van der Waals surface area contributed by atoms with Gasteiger partial charge < -0.3 is 10.4 Å². The number of halogens is 3. The van der Waals surface area contributed by atoms with Crippen molar-refractivity contribution in [2.75, 3.05) is 5.32 Å². The average molecular weight is 300 g/mol. The highest BCUT2D eigenvalue weighted by atomic mass is 19.4. The van der Waals surface area contributed by atoms with E-state index in [0.29, 0.717) is 12.8 Å². The van der Waals surface area contributed by atoms with Crippen LogP contribution in [0.5, 0.6) is 0 Å². The van der Waals surface area contributed by atoms with E-state index in [2.05, 4.69) is 5.32 Å². The monoisotopic (exact) mass is 300 g/mol. The van der Waals surface area contributed by atoms with Gasteiger partial charge in [0, 0.05) is 5.69 Å². The quantitative estimate of drug-likeness (QED) is 0.841. The zero-order valence-electron chi connectivity index (χ0n) is 11.4. The summed E-state index contributed by atoms with van der Waals surface area (Å²) in [4.78, 5) is 11.1. The molecular weight excluding hydrogens is 285 g/mol. The molecule has 0 bridgehead atoms. The largest absolute Gasteiger partial charge is 0.480 e. The number of carbonyl (C=O) groups is 1. The van der Waals surface area contributed by atoms with Crippen LogP contribution < -0.4 is 5.32 Å². The second kappa shape index (κ2) is 6.97. The van der Waals surface area contributed by atoms with Crippen LogP contribution in [-0.2, 0) is 11.0 Å². The fraction of sp³-hybridized carbons (Fsp3) is 0.429. The van der Waals surface area contributed by atoms with E-state index in [0.717, 1.165) is 24.6 Å². The molecule has 0 aliphatic carbocycles. The Morgan fingerprint density at radius 2 is 2.14 bits per heavy atom. The fourth-order valence-electron chi connectivity index (χ4n) is 1.84. The Morgan fingerprint density at radius 3 is 2.62 bits per heavy atom. The number of anilines is 1. The van der Waals surface area contributed by atoms with E-state index in [1.165, 1.54) is 6.07 Å². The number of nitrogens with zero attached hydrogens (tertiary/aromatic N) is 1. The summed E-state index contributed by atoms with van der Waals surface area (Å²) in [6, 6.07) is 3.51. The Morgan fingerprint density at radius 1 is 1.48 bits per heavy atom. The molecule has 1 atom stereocenters. The van der Waals surface area contributed by atoms with Crippen molar-refractivity contribution < 1.29 is 23.1 Å². The predicted molar refractivity (Wildman–Crippen MR) is 70.7 cm³/mol. The molecule has 1 aromatic rings. The number of benzene rings is 1. The predicted octanol–water partition coefficient (Wildman–Crippen LogP) is 3.63. The molecule has 1 unspecified atom stereocenters. The van der Waals surface area contributed by atoms with Crippen molar-refractivity contribution in [3.05, 3.63) is 29.3 Å². The number of unbranched alkanes of at least 4 members (excludes halogenated alkanes) is 1. The molecule has 0 saturated heterocycles. The van der Waals surface area contributed by atoms with Crippen LogP contribution in [-0.4, -0.2) is 17.1 Å². The van der Waals surface area contributed by atoms with Crippen molar-refractivity contribution in [3.63, 3.8) is 0 Å². The van der Waals surface area contributed by atoms with E-state index >= 15 is 0 Å². The van der Waals surface area contributed by atoms with Crippen molar-refractivity contribution in [1.29, 1.82) is 5.26 Å². The summed E-state index contributed by atoms with van der Waals surface area (Å²) in [5, 5.41) is 20.5. The Kier molecular flexibility index (Phi) is 5.59. The van der Waals surface area contributed by atoms with Crippen LogP contribution in [0.1, 0.15) is 37.3 Å².